The van der Waals surface area contributed by atoms with E-state index in [0.29, 0.717) is 0 Å². The maximum atomic E-state index is 12.3. The highest BCUT2D eigenvalue weighted by molar-refractivity contribution is 7.92. The van der Waals surface area contributed by atoms with E-state index >= 15 is 0 Å². The SMILES string of the molecule is CC(C)(C(=O)N1CCC2(C1)NC(=O)NC2=O)S(C)(=O)=O. The van der Waals surface area contributed by atoms with Crippen molar-refractivity contribution in [3.05, 3.63) is 0 Å². The second-order valence-electron chi connectivity index (χ2n) is 5.75. The number of carbonyl (C=O) groups excluding carboxylic acids is 3. The number of rotatable bonds is 2. The minimum Gasteiger partial charge on any atom is -0.338 e. The van der Waals surface area contributed by atoms with Crippen LogP contribution in [0, 0.1) is 0 Å². The molecular weight excluding hydrogens is 286 g/mol. The van der Waals surface area contributed by atoms with Gasteiger partial charge >= 0.3 is 6.03 Å². The van der Waals surface area contributed by atoms with Crippen molar-refractivity contribution in [1.82, 2.24) is 15.5 Å². The Morgan fingerprint density at radius 1 is 1.35 bits per heavy atom. The van der Waals surface area contributed by atoms with Gasteiger partial charge in [0, 0.05) is 12.8 Å². The Labute approximate surface area is 116 Å². The third-order valence-corrected chi connectivity index (χ3v) is 6.04. The molecule has 0 bridgehead atoms. The van der Waals surface area contributed by atoms with Gasteiger partial charge < -0.3 is 10.2 Å². The summed E-state index contributed by atoms with van der Waals surface area (Å²) in [6, 6.07) is -0.591. The predicted molar refractivity (Wildman–Crippen MR) is 69.5 cm³/mol. The van der Waals surface area contributed by atoms with Crippen LogP contribution in [0.1, 0.15) is 20.3 Å². The van der Waals surface area contributed by atoms with E-state index in [1.165, 1.54) is 18.7 Å². The summed E-state index contributed by atoms with van der Waals surface area (Å²) in [6.45, 7) is 2.89. The average Bonchev–Trinajstić information content (AvgIpc) is 2.82. The molecule has 1 spiro atoms. The molecule has 2 aliphatic rings. The Morgan fingerprint density at radius 2 is 1.95 bits per heavy atom. The van der Waals surface area contributed by atoms with Crippen LogP contribution in [0.2, 0.25) is 0 Å². The summed E-state index contributed by atoms with van der Waals surface area (Å²) in [5.74, 6) is -1.04. The lowest BCUT2D eigenvalue weighted by atomic mass is 9.99. The maximum absolute atomic E-state index is 12.3. The zero-order valence-electron chi connectivity index (χ0n) is 11.5. The second kappa shape index (κ2) is 4.18. The summed E-state index contributed by atoms with van der Waals surface area (Å²) in [4.78, 5) is 36.6. The fourth-order valence-electron chi connectivity index (χ4n) is 2.34. The monoisotopic (exact) mass is 303 g/mol. The third-order valence-electron chi connectivity index (χ3n) is 4.01. The quantitative estimate of drug-likeness (QED) is 0.611. The van der Waals surface area contributed by atoms with Crippen molar-refractivity contribution >= 4 is 27.7 Å². The molecule has 2 N–H and O–H groups in total. The van der Waals surface area contributed by atoms with Crippen LogP contribution in [0.5, 0.6) is 0 Å². The topological polar surface area (TPSA) is 113 Å². The summed E-state index contributed by atoms with van der Waals surface area (Å²) in [7, 11) is -3.58. The predicted octanol–water partition coefficient (Wildman–Crippen LogP) is -1.38. The molecule has 2 aliphatic heterocycles. The normalized spacial score (nSPS) is 26.9. The molecule has 2 saturated heterocycles. The standard InChI is InChI=1S/C11H17N3O5S/c1-10(2,20(3,18)19)8(16)14-5-4-11(6-14)7(15)12-9(17)13-11/h4-6H2,1-3H3,(H2,12,13,15,17). The van der Waals surface area contributed by atoms with Gasteiger partial charge in [-0.05, 0) is 20.3 Å². The molecular formula is C11H17N3O5S. The van der Waals surface area contributed by atoms with Crippen LogP contribution in [0.25, 0.3) is 0 Å². The highest BCUT2D eigenvalue weighted by atomic mass is 32.2. The number of urea groups is 1. The summed E-state index contributed by atoms with van der Waals surface area (Å²) in [5.41, 5.74) is -1.12. The molecule has 9 heteroatoms. The fraction of sp³-hybridized carbons (Fsp3) is 0.727. The van der Waals surface area contributed by atoms with Gasteiger partial charge in [0.05, 0.1) is 6.54 Å². The highest BCUT2D eigenvalue weighted by Gasteiger charge is 2.54. The molecule has 4 amide bonds. The van der Waals surface area contributed by atoms with E-state index in [9.17, 15) is 22.8 Å². The van der Waals surface area contributed by atoms with Crippen LogP contribution < -0.4 is 10.6 Å². The molecule has 112 valence electrons. The van der Waals surface area contributed by atoms with Crippen molar-refractivity contribution in [3.63, 3.8) is 0 Å². The third kappa shape index (κ3) is 2.05. The van der Waals surface area contributed by atoms with E-state index in [2.05, 4.69) is 10.6 Å². The van der Waals surface area contributed by atoms with Gasteiger partial charge in [0.15, 0.2) is 9.84 Å². The molecule has 20 heavy (non-hydrogen) atoms. The number of imide groups is 1. The van der Waals surface area contributed by atoms with E-state index in [1.54, 1.807) is 0 Å². The van der Waals surface area contributed by atoms with Gasteiger partial charge in [-0.15, -0.1) is 0 Å². The van der Waals surface area contributed by atoms with Crippen LogP contribution in [0.15, 0.2) is 0 Å². The largest absolute Gasteiger partial charge is 0.338 e. The summed E-state index contributed by atoms with van der Waals surface area (Å²) >= 11 is 0. The number of hydrogen-bond acceptors (Lipinski definition) is 5. The van der Waals surface area contributed by atoms with E-state index < -0.39 is 38.0 Å². The first-order valence-electron chi connectivity index (χ1n) is 6.12. The molecule has 0 saturated carbocycles. The number of hydrogen-bond donors (Lipinski definition) is 2. The Kier molecular flexibility index (Phi) is 3.08. The first-order chi connectivity index (χ1) is 8.99. The minimum atomic E-state index is -3.58. The Balaban J connectivity index is 2.21. The van der Waals surface area contributed by atoms with Crippen molar-refractivity contribution in [3.8, 4) is 0 Å². The van der Waals surface area contributed by atoms with Crippen LogP contribution in [-0.2, 0) is 19.4 Å². The van der Waals surface area contributed by atoms with E-state index in [4.69, 9.17) is 0 Å². The number of nitrogens with one attached hydrogen (secondary N) is 2. The molecule has 0 aromatic heterocycles. The lowest BCUT2D eigenvalue weighted by molar-refractivity contribution is -0.132. The van der Waals surface area contributed by atoms with E-state index in [1.807, 2.05) is 0 Å². The van der Waals surface area contributed by atoms with E-state index in [-0.39, 0.29) is 19.5 Å². The number of carbonyl (C=O) groups is 3. The number of likely N-dealkylation sites (tertiary alicyclic amines) is 1. The van der Waals surface area contributed by atoms with Gasteiger partial charge in [-0.25, -0.2) is 13.2 Å². The lowest BCUT2D eigenvalue weighted by Crippen LogP contribution is -2.53. The summed E-state index contributed by atoms with van der Waals surface area (Å²) in [5, 5.41) is 4.64. The van der Waals surface area contributed by atoms with Crippen molar-refractivity contribution in [2.45, 2.75) is 30.6 Å². The van der Waals surface area contributed by atoms with Crippen LogP contribution in [0.3, 0.4) is 0 Å². The molecule has 1 atom stereocenters. The zero-order chi connectivity index (χ0) is 15.3. The van der Waals surface area contributed by atoms with Crippen molar-refractivity contribution in [2.75, 3.05) is 19.3 Å². The number of amides is 4. The Bertz CT molecular complexity index is 597. The average molecular weight is 303 g/mol. The van der Waals surface area contributed by atoms with Gasteiger partial charge in [-0.3, -0.25) is 14.9 Å². The first-order valence-corrected chi connectivity index (χ1v) is 8.01. The molecule has 2 heterocycles. The van der Waals surface area contributed by atoms with Gasteiger partial charge in [0.2, 0.25) is 5.91 Å². The lowest BCUT2D eigenvalue weighted by Gasteiger charge is -2.28. The van der Waals surface area contributed by atoms with Gasteiger partial charge in [0.25, 0.3) is 5.91 Å². The molecule has 2 fully saturated rings. The zero-order valence-corrected chi connectivity index (χ0v) is 12.3. The van der Waals surface area contributed by atoms with E-state index in [0.717, 1.165) is 6.26 Å². The van der Waals surface area contributed by atoms with Crippen molar-refractivity contribution in [2.24, 2.45) is 0 Å². The van der Waals surface area contributed by atoms with Gasteiger partial charge in [-0.1, -0.05) is 0 Å². The summed E-state index contributed by atoms with van der Waals surface area (Å²) in [6.07, 6.45) is 1.27. The summed E-state index contributed by atoms with van der Waals surface area (Å²) < 4.78 is 21.8. The molecule has 0 aromatic rings. The van der Waals surface area contributed by atoms with Crippen LogP contribution in [-0.4, -0.2) is 60.8 Å². The molecule has 2 rings (SSSR count). The Morgan fingerprint density at radius 3 is 2.40 bits per heavy atom. The second-order valence-corrected chi connectivity index (χ2v) is 8.31. The fourth-order valence-corrected chi connectivity index (χ4v) is 2.78. The molecule has 0 radical (unpaired) electrons. The van der Waals surface area contributed by atoms with Gasteiger partial charge in [-0.2, -0.15) is 0 Å². The molecule has 0 aromatic carbocycles. The molecule has 1 unspecified atom stereocenters. The number of sulfone groups is 1. The Hall–Kier alpha value is -1.64. The molecule has 8 nitrogen and oxygen atoms in total. The molecule has 0 aliphatic carbocycles. The first kappa shape index (κ1) is 14.8. The highest BCUT2D eigenvalue weighted by Crippen LogP contribution is 2.28. The van der Waals surface area contributed by atoms with Crippen LogP contribution in [0.4, 0.5) is 4.79 Å². The maximum Gasteiger partial charge on any atom is 0.322 e. The minimum absolute atomic E-state index is 0.0116. The van der Waals surface area contributed by atoms with Crippen molar-refractivity contribution in [1.29, 1.82) is 0 Å². The van der Waals surface area contributed by atoms with Crippen molar-refractivity contribution < 1.29 is 22.8 Å². The number of nitrogens with zero attached hydrogens (tertiary/aromatic N) is 1. The smallest absolute Gasteiger partial charge is 0.322 e. The van der Waals surface area contributed by atoms with Gasteiger partial charge in [0.1, 0.15) is 10.3 Å². The van der Waals surface area contributed by atoms with Crippen LogP contribution >= 0.6 is 0 Å².